The molecule has 53 heavy (non-hydrogen) atoms. The molecule has 1 heteroatoms. The molecule has 246 valence electrons. The van der Waals surface area contributed by atoms with Gasteiger partial charge >= 0.3 is 0 Å². The van der Waals surface area contributed by atoms with Crippen molar-refractivity contribution in [3.63, 3.8) is 0 Å². The maximum atomic E-state index is 6.34. The molecule has 0 unspecified atom stereocenters. The molecule has 0 aliphatic heterocycles. The van der Waals surface area contributed by atoms with E-state index < -0.39 is 0 Å². The summed E-state index contributed by atoms with van der Waals surface area (Å²) >= 11 is 0. The number of hydrogen-bond donors (Lipinski definition) is 0. The second-order valence-corrected chi connectivity index (χ2v) is 14.0. The third-order valence-electron chi connectivity index (χ3n) is 11.0. The minimum Gasteiger partial charge on any atom is -0.456 e. The maximum absolute atomic E-state index is 6.34. The van der Waals surface area contributed by atoms with Gasteiger partial charge in [-0.05, 0) is 118 Å². The summed E-state index contributed by atoms with van der Waals surface area (Å²) in [5.41, 5.74) is 11.6. The predicted molar refractivity (Wildman–Crippen MR) is 225 cm³/mol. The molecule has 0 saturated carbocycles. The zero-order valence-corrected chi connectivity index (χ0v) is 28.9. The van der Waals surface area contributed by atoms with E-state index in [1.165, 1.54) is 93.0 Å². The maximum Gasteiger partial charge on any atom is 0.136 e. The van der Waals surface area contributed by atoms with Gasteiger partial charge in [0.25, 0.3) is 0 Å². The van der Waals surface area contributed by atoms with Gasteiger partial charge in [0.2, 0.25) is 0 Å². The van der Waals surface area contributed by atoms with Gasteiger partial charge in [-0.25, -0.2) is 0 Å². The summed E-state index contributed by atoms with van der Waals surface area (Å²) < 4.78 is 6.34. The van der Waals surface area contributed by atoms with Crippen molar-refractivity contribution < 1.29 is 4.42 Å². The zero-order chi connectivity index (χ0) is 34.9. The number of fused-ring (bicyclic) bond motifs is 8. The highest BCUT2D eigenvalue weighted by molar-refractivity contribution is 6.22. The minimum atomic E-state index is 0.911. The summed E-state index contributed by atoms with van der Waals surface area (Å²) in [6, 6.07) is 70.6. The molecule has 0 aliphatic carbocycles. The van der Waals surface area contributed by atoms with Gasteiger partial charge in [0.05, 0.1) is 0 Å². The van der Waals surface area contributed by atoms with Crippen LogP contribution in [-0.2, 0) is 0 Å². The molecular formula is C52H32O. The van der Waals surface area contributed by atoms with Crippen LogP contribution in [-0.4, -0.2) is 0 Å². The van der Waals surface area contributed by atoms with Crippen LogP contribution in [0.25, 0.3) is 110 Å². The lowest BCUT2D eigenvalue weighted by atomic mass is 9.84. The van der Waals surface area contributed by atoms with Crippen molar-refractivity contribution in [1.82, 2.24) is 0 Å². The molecule has 0 radical (unpaired) electrons. The third kappa shape index (κ3) is 4.71. The van der Waals surface area contributed by atoms with Crippen molar-refractivity contribution in [3.05, 3.63) is 194 Å². The van der Waals surface area contributed by atoms with E-state index in [0.29, 0.717) is 0 Å². The van der Waals surface area contributed by atoms with Gasteiger partial charge in [0.1, 0.15) is 11.2 Å². The molecule has 0 bridgehead atoms. The molecular weight excluding hydrogens is 641 g/mol. The van der Waals surface area contributed by atoms with Gasteiger partial charge in [-0.1, -0.05) is 164 Å². The largest absolute Gasteiger partial charge is 0.456 e. The molecule has 0 N–H and O–H groups in total. The number of benzene rings is 10. The molecule has 11 rings (SSSR count). The highest BCUT2D eigenvalue weighted by atomic mass is 16.3. The first-order valence-electron chi connectivity index (χ1n) is 18.3. The van der Waals surface area contributed by atoms with Crippen LogP contribution in [0, 0.1) is 0 Å². The van der Waals surface area contributed by atoms with Crippen molar-refractivity contribution >= 4 is 65.0 Å². The molecule has 0 fully saturated rings. The fraction of sp³-hybridized carbons (Fsp3) is 0. The van der Waals surface area contributed by atoms with Gasteiger partial charge in [-0.3, -0.25) is 0 Å². The van der Waals surface area contributed by atoms with E-state index in [-0.39, 0.29) is 0 Å². The molecule has 1 heterocycles. The fourth-order valence-electron chi connectivity index (χ4n) is 8.65. The van der Waals surface area contributed by atoms with Crippen LogP contribution in [0.1, 0.15) is 0 Å². The monoisotopic (exact) mass is 672 g/mol. The minimum absolute atomic E-state index is 0.911. The average molecular weight is 673 g/mol. The van der Waals surface area contributed by atoms with Crippen LogP contribution in [0.3, 0.4) is 0 Å². The van der Waals surface area contributed by atoms with E-state index in [1.54, 1.807) is 0 Å². The Morgan fingerprint density at radius 3 is 1.42 bits per heavy atom. The van der Waals surface area contributed by atoms with Crippen molar-refractivity contribution in [3.8, 4) is 44.5 Å². The first-order valence-corrected chi connectivity index (χ1v) is 18.3. The van der Waals surface area contributed by atoms with E-state index in [4.69, 9.17) is 4.42 Å². The third-order valence-corrected chi connectivity index (χ3v) is 11.0. The summed E-state index contributed by atoms with van der Waals surface area (Å²) in [6.07, 6.45) is 0. The Bertz CT molecular complexity index is 3170. The lowest BCUT2D eigenvalue weighted by Crippen LogP contribution is -1.91. The van der Waals surface area contributed by atoms with Crippen LogP contribution in [0.4, 0.5) is 0 Å². The normalized spacial score (nSPS) is 11.8. The van der Waals surface area contributed by atoms with Crippen molar-refractivity contribution in [1.29, 1.82) is 0 Å². The van der Waals surface area contributed by atoms with Gasteiger partial charge < -0.3 is 4.42 Å². The summed E-state index contributed by atoms with van der Waals surface area (Å²) in [5.74, 6) is 0. The number of rotatable bonds is 4. The van der Waals surface area contributed by atoms with Gasteiger partial charge in [-0.15, -0.1) is 0 Å². The average Bonchev–Trinajstić information content (AvgIpc) is 3.61. The Labute approximate surface area is 307 Å². The van der Waals surface area contributed by atoms with Crippen LogP contribution < -0.4 is 0 Å². The van der Waals surface area contributed by atoms with E-state index in [2.05, 4.69) is 194 Å². The molecule has 1 aromatic heterocycles. The van der Waals surface area contributed by atoms with Crippen LogP contribution >= 0.6 is 0 Å². The lowest BCUT2D eigenvalue weighted by Gasteiger charge is -2.19. The quantitative estimate of drug-likeness (QED) is 0.170. The standard InChI is InChI=1S/C52H32O/c1-3-19-40-33(12-1)14-11-25-41(40)37-16-10-18-39(31-37)51-45-23-7-5-21-43(45)50(44-22-6-8-24-46(44)51)38-17-9-15-35(30-38)36-27-28-48-47(32-36)52-42-20-4-2-13-34(42)26-29-49(52)53-48/h1-32H. The zero-order valence-electron chi connectivity index (χ0n) is 28.9. The Morgan fingerprint density at radius 2 is 0.736 bits per heavy atom. The molecule has 0 saturated heterocycles. The van der Waals surface area contributed by atoms with Crippen molar-refractivity contribution in [2.45, 2.75) is 0 Å². The van der Waals surface area contributed by atoms with Crippen molar-refractivity contribution in [2.75, 3.05) is 0 Å². The highest BCUT2D eigenvalue weighted by Crippen LogP contribution is 2.45. The van der Waals surface area contributed by atoms with E-state index in [1.807, 2.05) is 0 Å². The molecule has 10 aromatic carbocycles. The first kappa shape index (κ1) is 29.7. The Morgan fingerprint density at radius 1 is 0.264 bits per heavy atom. The molecule has 0 atom stereocenters. The Hall–Kier alpha value is -6.96. The molecule has 0 spiro atoms. The van der Waals surface area contributed by atoms with Crippen LogP contribution in [0.5, 0.6) is 0 Å². The van der Waals surface area contributed by atoms with Crippen LogP contribution in [0.2, 0.25) is 0 Å². The van der Waals surface area contributed by atoms with E-state index >= 15 is 0 Å². The fourth-order valence-corrected chi connectivity index (χ4v) is 8.65. The number of furan rings is 1. The first-order chi connectivity index (χ1) is 26.3. The van der Waals surface area contributed by atoms with E-state index in [9.17, 15) is 0 Å². The van der Waals surface area contributed by atoms with E-state index in [0.717, 1.165) is 16.6 Å². The molecule has 1 nitrogen and oxygen atoms in total. The number of hydrogen-bond acceptors (Lipinski definition) is 1. The SMILES string of the molecule is c1cc(-c2ccc3oc4ccc5ccccc5c4c3c2)cc(-c2c3ccccc3c(-c3cccc(-c4cccc5ccccc45)c3)c3ccccc23)c1. The van der Waals surface area contributed by atoms with Crippen molar-refractivity contribution in [2.24, 2.45) is 0 Å². The summed E-state index contributed by atoms with van der Waals surface area (Å²) in [4.78, 5) is 0. The summed E-state index contributed by atoms with van der Waals surface area (Å²) in [7, 11) is 0. The summed E-state index contributed by atoms with van der Waals surface area (Å²) in [6.45, 7) is 0. The molecule has 0 aliphatic rings. The molecule has 11 aromatic rings. The second-order valence-electron chi connectivity index (χ2n) is 14.0. The highest BCUT2D eigenvalue weighted by Gasteiger charge is 2.18. The Balaban J connectivity index is 1.10. The van der Waals surface area contributed by atoms with Gasteiger partial charge in [0.15, 0.2) is 0 Å². The van der Waals surface area contributed by atoms with Gasteiger partial charge in [0, 0.05) is 10.8 Å². The smallest absolute Gasteiger partial charge is 0.136 e. The summed E-state index contributed by atoms with van der Waals surface area (Å²) in [5, 5.41) is 12.3. The van der Waals surface area contributed by atoms with Crippen LogP contribution in [0.15, 0.2) is 199 Å². The second kappa shape index (κ2) is 11.8. The topological polar surface area (TPSA) is 13.1 Å². The predicted octanol–water partition coefficient (Wildman–Crippen LogP) is 14.9. The lowest BCUT2D eigenvalue weighted by molar-refractivity contribution is 0.669. The molecule has 0 amide bonds. The van der Waals surface area contributed by atoms with Gasteiger partial charge in [-0.2, -0.15) is 0 Å². The Kier molecular flexibility index (Phi) is 6.62.